The molecule has 2 rings (SSSR count). The Kier molecular flexibility index (Phi) is 3.91. The Morgan fingerprint density at radius 3 is 2.33 bits per heavy atom. The highest BCUT2D eigenvalue weighted by molar-refractivity contribution is 9.10. The fourth-order valence-electron chi connectivity index (χ4n) is 1.48. The van der Waals surface area contributed by atoms with Crippen molar-refractivity contribution >= 4 is 21.6 Å². The maximum Gasteiger partial charge on any atom is 0.160 e. The van der Waals surface area contributed by atoms with E-state index in [0.717, 1.165) is 16.6 Å². The quantitative estimate of drug-likeness (QED) is 0.880. The lowest BCUT2D eigenvalue weighted by molar-refractivity contribution is 0.509. The summed E-state index contributed by atoms with van der Waals surface area (Å²) in [6, 6.07) is 8.01. The number of rotatable bonds is 3. The van der Waals surface area contributed by atoms with Gasteiger partial charge < -0.3 is 5.32 Å². The lowest BCUT2D eigenvalue weighted by Crippen LogP contribution is -2.02. The van der Waals surface area contributed by atoms with Crippen LogP contribution in [0, 0.1) is 17.5 Å². The first-order valence-corrected chi connectivity index (χ1v) is 5.98. The van der Waals surface area contributed by atoms with Crippen LogP contribution < -0.4 is 5.32 Å². The molecule has 0 saturated carbocycles. The lowest BCUT2D eigenvalue weighted by Gasteiger charge is -2.08. The summed E-state index contributed by atoms with van der Waals surface area (Å²) in [7, 11) is 0. The molecule has 0 amide bonds. The van der Waals surface area contributed by atoms with Crippen LogP contribution in [0.2, 0.25) is 0 Å². The van der Waals surface area contributed by atoms with Crippen molar-refractivity contribution in [1.82, 2.24) is 0 Å². The van der Waals surface area contributed by atoms with Crippen LogP contribution >= 0.6 is 15.9 Å². The molecule has 1 nitrogen and oxygen atoms in total. The molecule has 0 bridgehead atoms. The molecule has 0 spiro atoms. The Balaban J connectivity index is 2.11. The summed E-state index contributed by atoms with van der Waals surface area (Å²) in [5, 5.41) is 2.83. The van der Waals surface area contributed by atoms with Crippen molar-refractivity contribution in [2.45, 2.75) is 6.54 Å². The predicted octanol–water partition coefficient (Wildman–Crippen LogP) is 4.48. The molecule has 0 radical (unpaired) electrons. The van der Waals surface area contributed by atoms with Crippen LogP contribution in [0.1, 0.15) is 5.56 Å². The summed E-state index contributed by atoms with van der Waals surface area (Å²) < 4.78 is 39.8. The third kappa shape index (κ3) is 3.04. The van der Waals surface area contributed by atoms with E-state index in [0.29, 0.717) is 11.3 Å². The van der Waals surface area contributed by atoms with Crippen LogP contribution in [0.5, 0.6) is 0 Å². The molecule has 0 saturated heterocycles. The highest BCUT2D eigenvalue weighted by Gasteiger charge is 2.05. The van der Waals surface area contributed by atoms with Crippen molar-refractivity contribution in [2.24, 2.45) is 0 Å². The van der Waals surface area contributed by atoms with Crippen LogP contribution in [0.4, 0.5) is 18.9 Å². The molecule has 0 unspecified atom stereocenters. The van der Waals surface area contributed by atoms with Gasteiger partial charge in [-0.15, -0.1) is 0 Å². The number of benzene rings is 2. The first-order valence-electron chi connectivity index (χ1n) is 5.19. The van der Waals surface area contributed by atoms with Gasteiger partial charge in [0.25, 0.3) is 0 Å². The van der Waals surface area contributed by atoms with E-state index < -0.39 is 11.6 Å². The van der Waals surface area contributed by atoms with Gasteiger partial charge in [-0.2, -0.15) is 0 Å². The molecule has 0 atom stereocenters. The van der Waals surface area contributed by atoms with Crippen LogP contribution in [0.25, 0.3) is 0 Å². The molecule has 0 heterocycles. The van der Waals surface area contributed by atoms with Gasteiger partial charge in [-0.25, -0.2) is 13.2 Å². The Bertz CT molecular complexity index is 572. The van der Waals surface area contributed by atoms with Gasteiger partial charge in [-0.05, 0) is 30.3 Å². The molecule has 5 heteroatoms. The average molecular weight is 316 g/mol. The molecule has 2 aromatic carbocycles. The Hall–Kier alpha value is -1.49. The van der Waals surface area contributed by atoms with E-state index in [4.69, 9.17) is 0 Å². The first-order chi connectivity index (χ1) is 8.56. The second-order valence-electron chi connectivity index (χ2n) is 3.72. The number of hydrogen-bond donors (Lipinski definition) is 1. The van der Waals surface area contributed by atoms with Gasteiger partial charge in [0.05, 0.1) is 0 Å². The number of anilines is 1. The first kappa shape index (κ1) is 13.0. The summed E-state index contributed by atoms with van der Waals surface area (Å²) in [4.78, 5) is 0. The second kappa shape index (κ2) is 5.44. The number of nitrogens with one attached hydrogen (secondary N) is 1. The van der Waals surface area contributed by atoms with Gasteiger partial charge in [0.2, 0.25) is 0 Å². The van der Waals surface area contributed by atoms with Crippen molar-refractivity contribution < 1.29 is 13.2 Å². The largest absolute Gasteiger partial charge is 0.381 e. The Labute approximate surface area is 111 Å². The van der Waals surface area contributed by atoms with Crippen LogP contribution in [0.15, 0.2) is 40.9 Å². The van der Waals surface area contributed by atoms with Gasteiger partial charge in [0.15, 0.2) is 11.6 Å². The topological polar surface area (TPSA) is 12.0 Å². The minimum Gasteiger partial charge on any atom is -0.381 e. The van der Waals surface area contributed by atoms with E-state index in [1.165, 1.54) is 12.1 Å². The maximum atomic E-state index is 13.4. The zero-order valence-corrected chi connectivity index (χ0v) is 10.8. The van der Waals surface area contributed by atoms with Crippen molar-refractivity contribution in [3.8, 4) is 0 Å². The summed E-state index contributed by atoms with van der Waals surface area (Å²) in [5.41, 5.74) is 0.836. The Morgan fingerprint density at radius 1 is 0.889 bits per heavy atom. The van der Waals surface area contributed by atoms with Gasteiger partial charge in [-0.3, -0.25) is 0 Å². The van der Waals surface area contributed by atoms with Crippen molar-refractivity contribution in [3.05, 3.63) is 63.9 Å². The van der Waals surface area contributed by atoms with Gasteiger partial charge in [0, 0.05) is 28.3 Å². The molecule has 0 aromatic heterocycles. The molecule has 2 aromatic rings. The SMILES string of the molecule is Fc1ccc(NCc2cc(Br)ccc2F)cc1F. The van der Waals surface area contributed by atoms with Gasteiger partial charge >= 0.3 is 0 Å². The second-order valence-corrected chi connectivity index (χ2v) is 4.63. The van der Waals surface area contributed by atoms with E-state index in [1.807, 2.05) is 0 Å². The summed E-state index contributed by atoms with van der Waals surface area (Å²) in [6.07, 6.45) is 0. The number of hydrogen-bond acceptors (Lipinski definition) is 1. The van der Waals surface area contributed by atoms with Gasteiger partial charge in [-0.1, -0.05) is 15.9 Å². The molecule has 0 aliphatic rings. The highest BCUT2D eigenvalue weighted by atomic mass is 79.9. The van der Waals surface area contributed by atoms with E-state index in [2.05, 4.69) is 21.2 Å². The smallest absolute Gasteiger partial charge is 0.160 e. The fourth-order valence-corrected chi connectivity index (χ4v) is 1.89. The fraction of sp³-hybridized carbons (Fsp3) is 0.0769. The third-order valence-corrected chi connectivity index (χ3v) is 2.90. The molecule has 0 aliphatic heterocycles. The zero-order chi connectivity index (χ0) is 13.1. The highest BCUT2D eigenvalue weighted by Crippen LogP contribution is 2.18. The molecule has 18 heavy (non-hydrogen) atoms. The standard InChI is InChI=1S/C13H9BrF3N/c14-9-1-3-11(15)8(5-9)7-18-10-2-4-12(16)13(17)6-10/h1-6,18H,7H2. The predicted molar refractivity (Wildman–Crippen MR) is 67.8 cm³/mol. The summed E-state index contributed by atoms with van der Waals surface area (Å²) in [5.74, 6) is -2.20. The van der Waals surface area contributed by atoms with E-state index >= 15 is 0 Å². The van der Waals surface area contributed by atoms with Gasteiger partial charge in [0.1, 0.15) is 5.82 Å². The third-order valence-electron chi connectivity index (χ3n) is 2.41. The monoisotopic (exact) mass is 315 g/mol. The lowest BCUT2D eigenvalue weighted by atomic mass is 10.2. The molecular weight excluding hydrogens is 307 g/mol. The van der Waals surface area contributed by atoms with E-state index in [1.54, 1.807) is 12.1 Å². The minimum atomic E-state index is -0.935. The molecule has 1 N–H and O–H groups in total. The van der Waals surface area contributed by atoms with Crippen molar-refractivity contribution in [3.63, 3.8) is 0 Å². The van der Waals surface area contributed by atoms with Crippen LogP contribution in [0.3, 0.4) is 0 Å². The average Bonchev–Trinajstić information content (AvgIpc) is 2.34. The molecule has 0 fully saturated rings. The van der Waals surface area contributed by atoms with Crippen LogP contribution in [-0.4, -0.2) is 0 Å². The normalized spacial score (nSPS) is 10.4. The maximum absolute atomic E-state index is 13.4. The van der Waals surface area contributed by atoms with E-state index in [9.17, 15) is 13.2 Å². The molecule has 0 aliphatic carbocycles. The van der Waals surface area contributed by atoms with E-state index in [-0.39, 0.29) is 12.4 Å². The zero-order valence-electron chi connectivity index (χ0n) is 9.18. The van der Waals surface area contributed by atoms with Crippen LogP contribution in [-0.2, 0) is 6.54 Å². The number of halogens is 4. The summed E-state index contributed by atoms with van der Waals surface area (Å²) in [6.45, 7) is 0.191. The van der Waals surface area contributed by atoms with Crippen molar-refractivity contribution in [2.75, 3.05) is 5.32 Å². The van der Waals surface area contributed by atoms with Crippen molar-refractivity contribution in [1.29, 1.82) is 0 Å². The molecular formula is C13H9BrF3N. The minimum absolute atomic E-state index is 0.191. The Morgan fingerprint density at radius 2 is 1.61 bits per heavy atom. The summed E-state index contributed by atoms with van der Waals surface area (Å²) >= 11 is 3.24. The molecule has 94 valence electrons.